The van der Waals surface area contributed by atoms with Crippen molar-refractivity contribution >= 4 is 0 Å². The fraction of sp³-hybridized carbons (Fsp3) is 0.188. The van der Waals surface area contributed by atoms with Crippen LogP contribution in [-0.2, 0) is 6.61 Å². The summed E-state index contributed by atoms with van der Waals surface area (Å²) in [6.07, 6.45) is 0. The van der Waals surface area contributed by atoms with Crippen LogP contribution in [0.2, 0.25) is 0 Å². The fourth-order valence-corrected chi connectivity index (χ4v) is 1.80. The van der Waals surface area contributed by atoms with Gasteiger partial charge in [-0.3, -0.25) is 0 Å². The molecule has 0 aliphatic heterocycles. The molecule has 0 fully saturated rings. The molecule has 0 radical (unpaired) electrons. The molecule has 1 atom stereocenters. The van der Waals surface area contributed by atoms with Gasteiger partial charge in [0.25, 0.3) is 0 Å². The van der Waals surface area contributed by atoms with Gasteiger partial charge in [0.2, 0.25) is 0 Å². The van der Waals surface area contributed by atoms with Crippen LogP contribution in [0.25, 0.3) is 0 Å². The minimum absolute atomic E-state index is 0.275. The van der Waals surface area contributed by atoms with Gasteiger partial charge in [0.1, 0.15) is 18.4 Å². The average molecular weight is 252 g/mol. The number of hydrogen-bond donors (Lipinski definition) is 1. The van der Waals surface area contributed by atoms with Crippen molar-refractivity contribution < 1.29 is 4.74 Å². The molecule has 96 valence electrons. The predicted octanol–water partition coefficient (Wildman–Crippen LogP) is 3.05. The normalized spacial score (nSPS) is 11.6. The molecule has 0 spiro atoms. The van der Waals surface area contributed by atoms with Crippen LogP contribution < -0.4 is 10.1 Å². The highest BCUT2D eigenvalue weighted by Gasteiger charge is 2.06. The van der Waals surface area contributed by atoms with Crippen LogP contribution >= 0.6 is 0 Å². The maximum absolute atomic E-state index is 8.96. The molecule has 0 aliphatic rings. The Hall–Kier alpha value is -2.31. The topological polar surface area (TPSA) is 45.0 Å². The number of nitriles is 1. The van der Waals surface area contributed by atoms with E-state index in [1.807, 2.05) is 54.6 Å². The van der Waals surface area contributed by atoms with E-state index < -0.39 is 0 Å². The molecule has 2 aromatic carbocycles. The van der Waals surface area contributed by atoms with Crippen LogP contribution in [0.4, 0.5) is 0 Å². The lowest BCUT2D eigenvalue weighted by atomic mass is 10.1. The second kappa shape index (κ2) is 6.58. The smallest absolute Gasteiger partial charge is 0.121 e. The standard InChI is InChI=1S/C16H16N2O/c1-18-16(11-17)14-7-9-15(10-8-14)19-12-13-5-3-2-4-6-13/h2-10,16,18H,12H2,1H3. The van der Waals surface area contributed by atoms with Crippen molar-refractivity contribution in [3.05, 3.63) is 65.7 Å². The monoisotopic (exact) mass is 252 g/mol. The lowest BCUT2D eigenvalue weighted by Gasteiger charge is -2.10. The van der Waals surface area contributed by atoms with Gasteiger partial charge < -0.3 is 10.1 Å². The zero-order valence-electron chi connectivity index (χ0n) is 10.8. The molecule has 1 N–H and O–H groups in total. The molecule has 0 aliphatic carbocycles. The highest BCUT2D eigenvalue weighted by atomic mass is 16.5. The largest absolute Gasteiger partial charge is 0.489 e. The maximum atomic E-state index is 8.96. The van der Waals surface area contributed by atoms with E-state index in [0.717, 1.165) is 16.9 Å². The summed E-state index contributed by atoms with van der Waals surface area (Å²) in [4.78, 5) is 0. The Morgan fingerprint density at radius 2 is 1.79 bits per heavy atom. The molecule has 0 heterocycles. The number of benzene rings is 2. The van der Waals surface area contributed by atoms with Gasteiger partial charge in [-0.05, 0) is 30.3 Å². The van der Waals surface area contributed by atoms with Crippen LogP contribution in [0.15, 0.2) is 54.6 Å². The maximum Gasteiger partial charge on any atom is 0.121 e. The Morgan fingerprint density at radius 3 is 2.37 bits per heavy atom. The molecule has 0 aromatic heterocycles. The van der Waals surface area contributed by atoms with Crippen molar-refractivity contribution in [2.24, 2.45) is 0 Å². The summed E-state index contributed by atoms with van der Waals surface area (Å²) in [6, 6.07) is 19.5. The molecule has 3 heteroatoms. The Kier molecular flexibility index (Phi) is 4.54. The molecule has 3 nitrogen and oxygen atoms in total. The number of nitrogens with one attached hydrogen (secondary N) is 1. The SMILES string of the molecule is CNC(C#N)c1ccc(OCc2ccccc2)cc1. The van der Waals surface area contributed by atoms with Crippen molar-refractivity contribution in [3.8, 4) is 11.8 Å². The first-order valence-corrected chi connectivity index (χ1v) is 6.17. The summed E-state index contributed by atoms with van der Waals surface area (Å²) in [5.41, 5.74) is 2.08. The summed E-state index contributed by atoms with van der Waals surface area (Å²) in [5, 5.41) is 11.9. The first kappa shape index (κ1) is 13.1. The summed E-state index contributed by atoms with van der Waals surface area (Å²) < 4.78 is 5.69. The molecular weight excluding hydrogens is 236 g/mol. The first-order valence-electron chi connectivity index (χ1n) is 6.17. The van der Waals surface area contributed by atoms with Crippen molar-refractivity contribution in [1.82, 2.24) is 5.32 Å². The Balaban J connectivity index is 1.98. The van der Waals surface area contributed by atoms with Gasteiger partial charge >= 0.3 is 0 Å². The summed E-state index contributed by atoms with van der Waals surface area (Å²) in [5.74, 6) is 0.806. The quantitative estimate of drug-likeness (QED) is 0.889. The summed E-state index contributed by atoms with van der Waals surface area (Å²) >= 11 is 0. The second-order valence-electron chi connectivity index (χ2n) is 4.19. The molecule has 2 aromatic rings. The van der Waals surface area contributed by atoms with Crippen LogP contribution in [0.1, 0.15) is 17.2 Å². The molecular formula is C16H16N2O. The molecule has 2 rings (SSSR count). The van der Waals surface area contributed by atoms with Gasteiger partial charge in [-0.15, -0.1) is 0 Å². The van der Waals surface area contributed by atoms with Crippen molar-refractivity contribution in [3.63, 3.8) is 0 Å². The second-order valence-corrected chi connectivity index (χ2v) is 4.19. The fourth-order valence-electron chi connectivity index (χ4n) is 1.80. The van der Waals surface area contributed by atoms with E-state index in [0.29, 0.717) is 6.61 Å². The van der Waals surface area contributed by atoms with Crippen LogP contribution in [0, 0.1) is 11.3 Å². The third kappa shape index (κ3) is 3.57. The third-order valence-electron chi connectivity index (χ3n) is 2.88. The van der Waals surface area contributed by atoms with Crippen molar-refractivity contribution in [2.75, 3.05) is 7.05 Å². The minimum atomic E-state index is -0.275. The van der Waals surface area contributed by atoms with E-state index in [1.54, 1.807) is 7.05 Å². The summed E-state index contributed by atoms with van der Waals surface area (Å²) in [6.45, 7) is 0.549. The number of hydrogen-bond acceptors (Lipinski definition) is 3. The number of rotatable bonds is 5. The molecule has 19 heavy (non-hydrogen) atoms. The molecule has 0 saturated heterocycles. The van der Waals surface area contributed by atoms with Gasteiger partial charge in [0, 0.05) is 0 Å². The number of nitrogens with zero attached hydrogens (tertiary/aromatic N) is 1. The Bertz CT molecular complexity index is 543. The first-order chi connectivity index (χ1) is 9.33. The average Bonchev–Trinajstić information content (AvgIpc) is 2.49. The lowest BCUT2D eigenvalue weighted by Crippen LogP contribution is -2.13. The number of ether oxygens (including phenoxy) is 1. The van der Waals surface area contributed by atoms with Crippen LogP contribution in [0.3, 0.4) is 0 Å². The van der Waals surface area contributed by atoms with Crippen molar-refractivity contribution in [2.45, 2.75) is 12.6 Å². The minimum Gasteiger partial charge on any atom is -0.489 e. The zero-order valence-corrected chi connectivity index (χ0v) is 10.8. The molecule has 0 bridgehead atoms. The van der Waals surface area contributed by atoms with Crippen LogP contribution in [0.5, 0.6) is 5.75 Å². The predicted molar refractivity (Wildman–Crippen MR) is 74.6 cm³/mol. The van der Waals surface area contributed by atoms with Crippen molar-refractivity contribution in [1.29, 1.82) is 5.26 Å². The van der Waals surface area contributed by atoms with Gasteiger partial charge in [0.15, 0.2) is 0 Å². The van der Waals surface area contributed by atoms with Gasteiger partial charge in [-0.1, -0.05) is 42.5 Å². The molecule has 0 amide bonds. The third-order valence-corrected chi connectivity index (χ3v) is 2.88. The highest BCUT2D eigenvalue weighted by molar-refractivity contribution is 5.31. The van der Waals surface area contributed by atoms with E-state index in [-0.39, 0.29) is 6.04 Å². The van der Waals surface area contributed by atoms with Gasteiger partial charge in [-0.2, -0.15) is 5.26 Å². The zero-order chi connectivity index (χ0) is 13.5. The molecule has 0 saturated carbocycles. The van der Waals surface area contributed by atoms with Crippen LogP contribution in [-0.4, -0.2) is 7.05 Å². The van der Waals surface area contributed by atoms with E-state index in [4.69, 9.17) is 10.00 Å². The van der Waals surface area contributed by atoms with E-state index in [2.05, 4.69) is 11.4 Å². The Labute approximate surface area is 113 Å². The van der Waals surface area contributed by atoms with E-state index in [1.165, 1.54) is 0 Å². The van der Waals surface area contributed by atoms with Gasteiger partial charge in [0.05, 0.1) is 6.07 Å². The van der Waals surface area contributed by atoms with E-state index >= 15 is 0 Å². The molecule has 1 unspecified atom stereocenters. The lowest BCUT2D eigenvalue weighted by molar-refractivity contribution is 0.306. The summed E-state index contributed by atoms with van der Waals surface area (Å²) in [7, 11) is 1.77. The highest BCUT2D eigenvalue weighted by Crippen LogP contribution is 2.18. The van der Waals surface area contributed by atoms with Gasteiger partial charge in [-0.25, -0.2) is 0 Å². The Morgan fingerprint density at radius 1 is 1.11 bits per heavy atom. The van der Waals surface area contributed by atoms with E-state index in [9.17, 15) is 0 Å².